The monoisotopic (exact) mass is 430 g/mol. The lowest BCUT2D eigenvalue weighted by molar-refractivity contribution is -0.116. The van der Waals surface area contributed by atoms with Crippen molar-refractivity contribution in [1.82, 2.24) is 4.31 Å². The summed E-state index contributed by atoms with van der Waals surface area (Å²) in [6.45, 7) is -0.474. The molecule has 2 aromatic carbocycles. The number of nitrogens with zero attached hydrogens (tertiary/aromatic N) is 1. The molecule has 2 rings (SSSR count). The third-order valence-corrected chi connectivity index (χ3v) is 6.15. The van der Waals surface area contributed by atoms with E-state index in [0.29, 0.717) is 10.7 Å². The fraction of sp³-hybridized carbons (Fsp3) is 0.176. The number of carbonyl (C=O) groups is 2. The van der Waals surface area contributed by atoms with Crippen molar-refractivity contribution in [1.29, 1.82) is 0 Å². The molecule has 10 heteroatoms. The summed E-state index contributed by atoms with van der Waals surface area (Å²) in [7, 11) is -1.72. The van der Waals surface area contributed by atoms with Crippen molar-refractivity contribution in [2.24, 2.45) is 0 Å². The molecule has 0 aliphatic rings. The van der Waals surface area contributed by atoms with Crippen molar-refractivity contribution >= 4 is 50.8 Å². The number of nitrogens with one attached hydrogen (secondary N) is 1. The van der Waals surface area contributed by atoms with E-state index in [2.05, 4.69) is 10.1 Å². The Kier molecular flexibility index (Phi) is 6.83. The summed E-state index contributed by atoms with van der Waals surface area (Å²) in [5.74, 6) is -1.38. The number of esters is 1. The summed E-state index contributed by atoms with van der Waals surface area (Å²) in [5, 5.41) is 3.11. The fourth-order valence-corrected chi connectivity index (χ4v) is 3.80. The molecule has 0 spiro atoms. The van der Waals surface area contributed by atoms with Gasteiger partial charge in [-0.05, 0) is 30.3 Å². The van der Waals surface area contributed by atoms with Crippen molar-refractivity contribution in [3.05, 3.63) is 58.1 Å². The van der Waals surface area contributed by atoms with Crippen LogP contribution in [-0.2, 0) is 19.6 Å². The fourth-order valence-electron chi connectivity index (χ4n) is 2.20. The number of halogens is 2. The van der Waals surface area contributed by atoms with Crippen LogP contribution in [0, 0.1) is 0 Å². The van der Waals surface area contributed by atoms with Crippen molar-refractivity contribution in [2.75, 3.05) is 26.0 Å². The van der Waals surface area contributed by atoms with Gasteiger partial charge in [-0.2, -0.15) is 4.31 Å². The molecule has 0 bridgehead atoms. The Labute approximate surface area is 166 Å². The van der Waals surface area contributed by atoms with Crippen LogP contribution in [0.5, 0.6) is 0 Å². The van der Waals surface area contributed by atoms with Crippen molar-refractivity contribution in [3.8, 4) is 0 Å². The molecule has 0 atom stereocenters. The van der Waals surface area contributed by atoms with Gasteiger partial charge in [-0.25, -0.2) is 13.2 Å². The third kappa shape index (κ3) is 4.98. The number of methoxy groups -OCH3 is 1. The Morgan fingerprint density at radius 3 is 2.41 bits per heavy atom. The predicted octanol–water partition coefficient (Wildman–Crippen LogP) is 3.04. The number of sulfonamides is 1. The minimum atomic E-state index is -4.10. The molecule has 0 aromatic heterocycles. The molecule has 0 fully saturated rings. The number of hydrogen-bond acceptors (Lipinski definition) is 5. The molecular weight excluding hydrogens is 415 g/mol. The second-order valence-electron chi connectivity index (χ2n) is 5.43. The summed E-state index contributed by atoms with van der Waals surface area (Å²) in [4.78, 5) is 23.8. The van der Waals surface area contributed by atoms with Gasteiger partial charge in [0.15, 0.2) is 0 Å². The van der Waals surface area contributed by atoms with Gasteiger partial charge in [-0.15, -0.1) is 0 Å². The quantitative estimate of drug-likeness (QED) is 0.710. The zero-order valence-corrected chi connectivity index (χ0v) is 16.7. The second kappa shape index (κ2) is 8.71. The molecule has 0 heterocycles. The maximum absolute atomic E-state index is 12.8. The van der Waals surface area contributed by atoms with Gasteiger partial charge in [0.2, 0.25) is 15.9 Å². The second-order valence-corrected chi connectivity index (χ2v) is 8.25. The molecule has 7 nitrogen and oxygen atoms in total. The molecule has 144 valence electrons. The molecule has 1 N–H and O–H groups in total. The summed E-state index contributed by atoms with van der Waals surface area (Å²) in [6, 6.07) is 10.1. The lowest BCUT2D eigenvalue weighted by Gasteiger charge is -2.18. The highest BCUT2D eigenvalue weighted by molar-refractivity contribution is 7.89. The van der Waals surface area contributed by atoms with Crippen molar-refractivity contribution in [2.45, 2.75) is 4.90 Å². The van der Waals surface area contributed by atoms with Crippen molar-refractivity contribution in [3.63, 3.8) is 0 Å². The average molecular weight is 431 g/mol. The van der Waals surface area contributed by atoms with Crippen LogP contribution in [-0.4, -0.2) is 45.3 Å². The van der Waals surface area contributed by atoms with E-state index in [9.17, 15) is 18.0 Å². The molecule has 0 saturated carbocycles. The normalized spacial score (nSPS) is 11.3. The summed E-state index contributed by atoms with van der Waals surface area (Å²) < 4.78 is 31.0. The topological polar surface area (TPSA) is 92.8 Å². The first kappa shape index (κ1) is 21.2. The van der Waals surface area contributed by atoms with Crippen LogP contribution in [0.3, 0.4) is 0 Å². The van der Waals surface area contributed by atoms with Gasteiger partial charge in [-0.1, -0.05) is 35.3 Å². The van der Waals surface area contributed by atoms with Crippen LogP contribution in [0.4, 0.5) is 5.69 Å². The van der Waals surface area contributed by atoms with E-state index in [1.54, 1.807) is 0 Å². The molecule has 27 heavy (non-hydrogen) atoms. The number of rotatable bonds is 6. The van der Waals surface area contributed by atoms with Gasteiger partial charge in [0.05, 0.1) is 34.2 Å². The number of likely N-dealkylation sites (N-methyl/N-ethyl adjacent to an activating group) is 1. The van der Waals surface area contributed by atoms with Crippen LogP contribution >= 0.6 is 23.2 Å². The molecule has 0 aliphatic carbocycles. The SMILES string of the molecule is COC(=O)c1ccccc1S(=O)(=O)N(C)CC(=O)Nc1ccc(Cl)c(Cl)c1. The van der Waals surface area contributed by atoms with E-state index < -0.39 is 28.4 Å². The van der Waals surface area contributed by atoms with Crippen LogP contribution < -0.4 is 5.32 Å². The first-order valence-electron chi connectivity index (χ1n) is 7.55. The maximum atomic E-state index is 12.8. The lowest BCUT2D eigenvalue weighted by Crippen LogP contribution is -2.35. The molecule has 0 unspecified atom stereocenters. The Balaban J connectivity index is 2.19. The number of anilines is 1. The van der Waals surface area contributed by atoms with Gasteiger partial charge >= 0.3 is 5.97 Å². The minimum Gasteiger partial charge on any atom is -0.465 e. The predicted molar refractivity (Wildman–Crippen MR) is 103 cm³/mol. The first-order chi connectivity index (χ1) is 12.7. The van der Waals surface area contributed by atoms with E-state index in [0.717, 1.165) is 11.4 Å². The van der Waals surface area contributed by atoms with Gasteiger partial charge in [0, 0.05) is 12.7 Å². The van der Waals surface area contributed by atoms with Gasteiger partial charge in [0.1, 0.15) is 0 Å². The molecular formula is C17H16Cl2N2O5S. The summed E-state index contributed by atoms with van der Waals surface area (Å²) in [5.41, 5.74) is 0.256. The Hall–Kier alpha value is -2.13. The van der Waals surface area contributed by atoms with Crippen molar-refractivity contribution < 1.29 is 22.7 Å². The van der Waals surface area contributed by atoms with Crippen LogP contribution in [0.15, 0.2) is 47.4 Å². The number of benzene rings is 2. The summed E-state index contributed by atoms with van der Waals surface area (Å²) in [6.07, 6.45) is 0. The Bertz CT molecular complexity index is 979. The zero-order valence-electron chi connectivity index (χ0n) is 14.4. The number of carbonyl (C=O) groups excluding carboxylic acids is 2. The maximum Gasteiger partial charge on any atom is 0.339 e. The van der Waals surface area contributed by atoms with E-state index in [1.807, 2.05) is 0 Å². The van der Waals surface area contributed by atoms with Crippen LogP contribution in [0.25, 0.3) is 0 Å². The summed E-state index contributed by atoms with van der Waals surface area (Å²) >= 11 is 11.7. The van der Waals surface area contributed by atoms with E-state index >= 15 is 0 Å². The highest BCUT2D eigenvalue weighted by Crippen LogP contribution is 2.25. The van der Waals surface area contributed by atoms with Gasteiger partial charge in [0.25, 0.3) is 0 Å². The number of ether oxygens (including phenoxy) is 1. The van der Waals surface area contributed by atoms with E-state index in [-0.39, 0.29) is 15.5 Å². The molecule has 0 radical (unpaired) electrons. The molecule has 1 amide bonds. The standard InChI is InChI=1S/C17H16Cl2N2O5S/c1-21(10-16(22)20-11-7-8-13(18)14(19)9-11)27(24,25)15-6-4-3-5-12(15)17(23)26-2/h3-9H,10H2,1-2H3,(H,20,22). The lowest BCUT2D eigenvalue weighted by atomic mass is 10.2. The third-order valence-electron chi connectivity index (χ3n) is 3.55. The van der Waals surface area contributed by atoms with Crippen LogP contribution in [0.1, 0.15) is 10.4 Å². The zero-order chi connectivity index (χ0) is 20.2. The molecule has 0 saturated heterocycles. The Morgan fingerprint density at radius 2 is 1.78 bits per heavy atom. The average Bonchev–Trinajstić information content (AvgIpc) is 2.63. The minimum absolute atomic E-state index is 0.114. The molecule has 0 aliphatic heterocycles. The first-order valence-corrected chi connectivity index (χ1v) is 9.75. The van der Waals surface area contributed by atoms with E-state index in [4.69, 9.17) is 23.2 Å². The molecule has 2 aromatic rings. The van der Waals surface area contributed by atoms with E-state index in [1.165, 1.54) is 49.5 Å². The van der Waals surface area contributed by atoms with Gasteiger partial charge < -0.3 is 10.1 Å². The Morgan fingerprint density at radius 1 is 1.11 bits per heavy atom. The number of hydrogen-bond donors (Lipinski definition) is 1. The highest BCUT2D eigenvalue weighted by Gasteiger charge is 2.28. The van der Waals surface area contributed by atoms with Crippen LogP contribution in [0.2, 0.25) is 10.0 Å². The number of amides is 1. The highest BCUT2D eigenvalue weighted by atomic mass is 35.5. The smallest absolute Gasteiger partial charge is 0.339 e. The largest absolute Gasteiger partial charge is 0.465 e. The van der Waals surface area contributed by atoms with Gasteiger partial charge in [-0.3, -0.25) is 4.79 Å².